The van der Waals surface area contributed by atoms with Crippen molar-refractivity contribution >= 4 is 38.9 Å². The number of hydrogen-bond acceptors (Lipinski definition) is 4. The van der Waals surface area contributed by atoms with Gasteiger partial charge in [-0.25, -0.2) is 4.98 Å². The van der Waals surface area contributed by atoms with Crippen LogP contribution in [0.15, 0.2) is 22.7 Å². The third-order valence-corrected chi connectivity index (χ3v) is 4.53. The van der Waals surface area contributed by atoms with Crippen LogP contribution in [-0.2, 0) is 6.54 Å². The minimum Gasteiger partial charge on any atom is -0.397 e. The number of rotatable bonds is 3. The lowest BCUT2D eigenvalue weighted by atomic mass is 10.1. The monoisotopic (exact) mass is 339 g/mol. The number of nitrogen functional groups attached to an aromatic ring is 1. The molecule has 2 aromatic rings. The lowest BCUT2D eigenvalue weighted by molar-refractivity contribution is 0.0951. The summed E-state index contributed by atoms with van der Waals surface area (Å²) in [6.07, 6.45) is 0. The lowest BCUT2D eigenvalue weighted by Gasteiger charge is -2.07. The molecule has 2 rings (SSSR count). The Labute approximate surface area is 124 Å². The summed E-state index contributed by atoms with van der Waals surface area (Å²) in [6.45, 7) is 4.40. The van der Waals surface area contributed by atoms with Crippen LogP contribution in [0.5, 0.6) is 0 Å². The van der Waals surface area contributed by atoms with Crippen molar-refractivity contribution in [1.29, 1.82) is 0 Å². The van der Waals surface area contributed by atoms with E-state index in [1.54, 1.807) is 29.5 Å². The molecular formula is C13H14BrN3OS. The highest BCUT2D eigenvalue weighted by molar-refractivity contribution is 9.10. The third kappa shape index (κ3) is 3.13. The maximum Gasteiger partial charge on any atom is 0.253 e. The van der Waals surface area contributed by atoms with E-state index in [0.29, 0.717) is 17.8 Å². The molecule has 0 aliphatic rings. The van der Waals surface area contributed by atoms with Gasteiger partial charge in [-0.15, -0.1) is 11.3 Å². The van der Waals surface area contributed by atoms with Gasteiger partial charge in [0, 0.05) is 9.35 Å². The van der Waals surface area contributed by atoms with Gasteiger partial charge in [0.2, 0.25) is 0 Å². The first-order valence-electron chi connectivity index (χ1n) is 5.74. The summed E-state index contributed by atoms with van der Waals surface area (Å²) in [5.41, 5.74) is 7.79. The summed E-state index contributed by atoms with van der Waals surface area (Å²) in [5, 5.41) is 3.73. The van der Waals surface area contributed by atoms with E-state index in [2.05, 4.69) is 26.2 Å². The standard InChI is InChI=1S/C13H14BrN3OS/c1-7-8(2)19-11(17-7)6-16-13(18)9-4-3-5-10(14)12(9)15/h3-5H,6,15H2,1-2H3,(H,16,18). The van der Waals surface area contributed by atoms with E-state index in [9.17, 15) is 4.79 Å². The largest absolute Gasteiger partial charge is 0.397 e. The molecule has 0 atom stereocenters. The topological polar surface area (TPSA) is 68.0 Å². The smallest absolute Gasteiger partial charge is 0.253 e. The van der Waals surface area contributed by atoms with Crippen molar-refractivity contribution in [1.82, 2.24) is 10.3 Å². The van der Waals surface area contributed by atoms with Crippen LogP contribution in [-0.4, -0.2) is 10.9 Å². The summed E-state index contributed by atoms with van der Waals surface area (Å²) in [7, 11) is 0. The Bertz CT molecular complexity index is 605. The number of halogens is 1. The van der Waals surface area contributed by atoms with Gasteiger partial charge in [-0.2, -0.15) is 0 Å². The number of nitrogens with one attached hydrogen (secondary N) is 1. The molecule has 100 valence electrons. The lowest BCUT2D eigenvalue weighted by Crippen LogP contribution is -2.23. The second kappa shape index (κ2) is 5.71. The summed E-state index contributed by atoms with van der Waals surface area (Å²) >= 11 is 4.90. The number of thiazole rings is 1. The predicted octanol–water partition coefficient (Wildman–Crippen LogP) is 3.03. The Morgan fingerprint density at radius 3 is 2.84 bits per heavy atom. The van der Waals surface area contributed by atoms with Gasteiger partial charge in [-0.1, -0.05) is 6.07 Å². The molecule has 0 radical (unpaired) electrons. The molecule has 0 unspecified atom stereocenters. The highest BCUT2D eigenvalue weighted by Crippen LogP contribution is 2.23. The van der Waals surface area contributed by atoms with Gasteiger partial charge in [0.05, 0.1) is 23.5 Å². The number of para-hydroxylation sites is 1. The van der Waals surface area contributed by atoms with Crippen LogP contribution in [0.4, 0.5) is 5.69 Å². The fraction of sp³-hybridized carbons (Fsp3) is 0.231. The quantitative estimate of drug-likeness (QED) is 0.844. The number of nitrogens with two attached hydrogens (primary N) is 1. The molecule has 0 saturated carbocycles. The van der Waals surface area contributed by atoms with Crippen molar-refractivity contribution in [2.75, 3.05) is 5.73 Å². The van der Waals surface area contributed by atoms with E-state index < -0.39 is 0 Å². The SMILES string of the molecule is Cc1nc(CNC(=O)c2cccc(Br)c2N)sc1C. The number of amides is 1. The number of anilines is 1. The van der Waals surface area contributed by atoms with Crippen LogP contribution >= 0.6 is 27.3 Å². The average molecular weight is 340 g/mol. The third-order valence-electron chi connectivity index (χ3n) is 2.77. The zero-order valence-electron chi connectivity index (χ0n) is 10.7. The summed E-state index contributed by atoms with van der Waals surface area (Å²) in [6, 6.07) is 5.29. The van der Waals surface area contributed by atoms with E-state index in [-0.39, 0.29) is 5.91 Å². The van der Waals surface area contributed by atoms with Crippen molar-refractivity contribution in [3.63, 3.8) is 0 Å². The fourth-order valence-electron chi connectivity index (χ4n) is 1.60. The van der Waals surface area contributed by atoms with Crippen LogP contribution in [0, 0.1) is 13.8 Å². The van der Waals surface area contributed by atoms with E-state index in [0.717, 1.165) is 15.2 Å². The minimum atomic E-state index is -0.190. The number of hydrogen-bond donors (Lipinski definition) is 2. The number of aromatic nitrogens is 1. The molecule has 6 heteroatoms. The molecule has 0 aliphatic heterocycles. The zero-order valence-corrected chi connectivity index (χ0v) is 13.1. The predicted molar refractivity (Wildman–Crippen MR) is 81.3 cm³/mol. The van der Waals surface area contributed by atoms with Crippen molar-refractivity contribution in [3.8, 4) is 0 Å². The van der Waals surface area contributed by atoms with Crippen molar-refractivity contribution < 1.29 is 4.79 Å². The van der Waals surface area contributed by atoms with Crippen molar-refractivity contribution in [2.45, 2.75) is 20.4 Å². The molecule has 0 saturated heterocycles. The Balaban J connectivity index is 2.07. The van der Waals surface area contributed by atoms with Crippen molar-refractivity contribution in [3.05, 3.63) is 43.8 Å². The van der Waals surface area contributed by atoms with Gasteiger partial charge in [0.1, 0.15) is 5.01 Å². The van der Waals surface area contributed by atoms with Gasteiger partial charge in [-0.05, 0) is 41.9 Å². The number of benzene rings is 1. The second-order valence-electron chi connectivity index (χ2n) is 4.13. The van der Waals surface area contributed by atoms with Gasteiger partial charge >= 0.3 is 0 Å². The van der Waals surface area contributed by atoms with E-state index in [1.165, 1.54) is 4.88 Å². The molecule has 19 heavy (non-hydrogen) atoms. The van der Waals surface area contributed by atoms with Gasteiger partial charge < -0.3 is 11.1 Å². The van der Waals surface area contributed by atoms with Crippen LogP contribution in [0.2, 0.25) is 0 Å². The Hall–Kier alpha value is -1.40. The highest BCUT2D eigenvalue weighted by atomic mass is 79.9. The summed E-state index contributed by atoms with van der Waals surface area (Å²) < 4.78 is 0.723. The first-order valence-corrected chi connectivity index (χ1v) is 7.35. The van der Waals surface area contributed by atoms with E-state index in [4.69, 9.17) is 5.73 Å². The van der Waals surface area contributed by atoms with Gasteiger partial charge in [0.25, 0.3) is 5.91 Å². The summed E-state index contributed by atoms with van der Waals surface area (Å²) in [5.74, 6) is -0.190. The number of aryl methyl sites for hydroxylation is 2. The maximum atomic E-state index is 12.0. The van der Waals surface area contributed by atoms with Crippen molar-refractivity contribution in [2.24, 2.45) is 0 Å². The first-order chi connectivity index (χ1) is 8.99. The molecule has 3 N–H and O–H groups in total. The number of carbonyl (C=O) groups excluding carboxylic acids is 1. The van der Waals surface area contributed by atoms with Crippen LogP contribution < -0.4 is 11.1 Å². The van der Waals surface area contributed by atoms with Gasteiger partial charge in [-0.3, -0.25) is 4.79 Å². The molecule has 1 amide bonds. The molecule has 0 bridgehead atoms. The normalized spacial score (nSPS) is 10.5. The number of nitrogens with zero attached hydrogens (tertiary/aromatic N) is 1. The second-order valence-corrected chi connectivity index (χ2v) is 6.28. The molecule has 0 fully saturated rings. The molecule has 1 aromatic carbocycles. The first kappa shape index (κ1) is 14.0. The Morgan fingerprint density at radius 2 is 2.21 bits per heavy atom. The van der Waals surface area contributed by atoms with Gasteiger partial charge in [0.15, 0.2) is 0 Å². The van der Waals surface area contributed by atoms with E-state index in [1.807, 2.05) is 13.8 Å². The van der Waals surface area contributed by atoms with Crippen LogP contribution in [0.3, 0.4) is 0 Å². The molecular weight excluding hydrogens is 326 g/mol. The van der Waals surface area contributed by atoms with Crippen LogP contribution in [0.25, 0.3) is 0 Å². The fourth-order valence-corrected chi connectivity index (χ4v) is 2.84. The zero-order chi connectivity index (χ0) is 14.0. The number of carbonyl (C=O) groups is 1. The average Bonchev–Trinajstić information content (AvgIpc) is 2.69. The van der Waals surface area contributed by atoms with Crippen LogP contribution in [0.1, 0.15) is 25.9 Å². The summed E-state index contributed by atoms with van der Waals surface area (Å²) in [4.78, 5) is 17.6. The highest BCUT2D eigenvalue weighted by Gasteiger charge is 2.12. The Kier molecular flexibility index (Phi) is 4.21. The van der Waals surface area contributed by atoms with E-state index >= 15 is 0 Å². The minimum absolute atomic E-state index is 0.190. The maximum absolute atomic E-state index is 12.0. The molecule has 0 aliphatic carbocycles. The molecule has 4 nitrogen and oxygen atoms in total. The molecule has 1 aromatic heterocycles. The molecule has 0 spiro atoms. The molecule has 1 heterocycles. The Morgan fingerprint density at radius 1 is 1.47 bits per heavy atom.